The van der Waals surface area contributed by atoms with Crippen LogP contribution in [0.15, 0.2) is 6.07 Å². The number of rotatable bonds is 0. The van der Waals surface area contributed by atoms with Crippen LogP contribution in [0, 0.1) is 36.5 Å². The second-order valence-electron chi connectivity index (χ2n) is 3.59. The predicted molar refractivity (Wildman–Crippen MR) is 58.5 cm³/mol. The third-order valence-electron chi connectivity index (χ3n) is 2.53. The summed E-state index contributed by atoms with van der Waals surface area (Å²) in [5.41, 5.74) is 8.53. The van der Waals surface area contributed by atoms with Gasteiger partial charge in [-0.2, -0.15) is 10.5 Å². The van der Waals surface area contributed by atoms with Gasteiger partial charge >= 0.3 is 0 Å². The standard InChI is InChI=1S/C11H9N5/c1-6-3-7(2)16-10(8(6)4-12)9(5-13)11(14)15-16/h3H,1-2H3,(H2,14,15). The first-order valence-electron chi connectivity index (χ1n) is 4.68. The molecule has 2 N–H and O–H groups in total. The number of nitriles is 2. The number of anilines is 1. The second-order valence-corrected chi connectivity index (χ2v) is 3.59. The van der Waals surface area contributed by atoms with Crippen LogP contribution in [0.1, 0.15) is 22.4 Å². The molecule has 2 aromatic heterocycles. The summed E-state index contributed by atoms with van der Waals surface area (Å²) >= 11 is 0. The Labute approximate surface area is 92.3 Å². The predicted octanol–water partition coefficient (Wildman–Crippen LogP) is 1.28. The molecule has 0 aliphatic carbocycles. The Morgan fingerprint density at radius 2 is 1.88 bits per heavy atom. The van der Waals surface area contributed by atoms with E-state index in [9.17, 15) is 0 Å². The summed E-state index contributed by atoms with van der Waals surface area (Å²) in [5.74, 6) is 0.160. The molecule has 16 heavy (non-hydrogen) atoms. The van der Waals surface area contributed by atoms with Crippen molar-refractivity contribution in [2.75, 3.05) is 5.73 Å². The number of fused-ring (bicyclic) bond motifs is 1. The minimum absolute atomic E-state index is 0.160. The molecule has 0 atom stereocenters. The fraction of sp³-hybridized carbons (Fsp3) is 0.182. The molecule has 5 nitrogen and oxygen atoms in total. The third-order valence-corrected chi connectivity index (χ3v) is 2.53. The maximum atomic E-state index is 9.10. The molecule has 0 spiro atoms. The van der Waals surface area contributed by atoms with Crippen molar-refractivity contribution in [2.45, 2.75) is 13.8 Å². The Balaban J connectivity index is 3.11. The lowest BCUT2D eigenvalue weighted by molar-refractivity contribution is 0.914. The van der Waals surface area contributed by atoms with Crippen molar-refractivity contribution in [2.24, 2.45) is 0 Å². The molecule has 0 bridgehead atoms. The van der Waals surface area contributed by atoms with E-state index in [4.69, 9.17) is 16.3 Å². The molecule has 0 aliphatic rings. The highest BCUT2D eigenvalue weighted by atomic mass is 15.3. The molecular weight excluding hydrogens is 202 g/mol. The number of nitrogens with zero attached hydrogens (tertiary/aromatic N) is 4. The first-order chi connectivity index (χ1) is 7.60. The average molecular weight is 211 g/mol. The average Bonchev–Trinajstić information content (AvgIpc) is 2.56. The van der Waals surface area contributed by atoms with Gasteiger partial charge in [-0.3, -0.25) is 0 Å². The van der Waals surface area contributed by atoms with Crippen molar-refractivity contribution in [3.8, 4) is 12.1 Å². The Bertz CT molecular complexity index is 666. The van der Waals surface area contributed by atoms with E-state index in [1.807, 2.05) is 26.0 Å². The molecule has 0 aliphatic heterocycles. The largest absolute Gasteiger partial charge is 0.381 e. The molecule has 0 saturated carbocycles. The van der Waals surface area contributed by atoms with Gasteiger partial charge in [0.05, 0.1) is 5.56 Å². The van der Waals surface area contributed by atoms with Crippen LogP contribution >= 0.6 is 0 Å². The van der Waals surface area contributed by atoms with E-state index >= 15 is 0 Å². The smallest absolute Gasteiger partial charge is 0.164 e. The third kappa shape index (κ3) is 1.12. The summed E-state index contributed by atoms with van der Waals surface area (Å²) in [5, 5.41) is 22.2. The summed E-state index contributed by atoms with van der Waals surface area (Å²) in [6.07, 6.45) is 0. The molecule has 78 valence electrons. The quantitative estimate of drug-likeness (QED) is 0.710. The topological polar surface area (TPSA) is 90.9 Å². The maximum Gasteiger partial charge on any atom is 0.164 e. The number of aryl methyl sites for hydroxylation is 2. The molecule has 0 saturated heterocycles. The van der Waals surface area contributed by atoms with Crippen LogP contribution in [0.25, 0.3) is 5.52 Å². The fourth-order valence-corrected chi connectivity index (χ4v) is 1.81. The molecule has 2 aromatic rings. The molecule has 0 unspecified atom stereocenters. The lowest BCUT2D eigenvalue weighted by Gasteiger charge is -2.04. The van der Waals surface area contributed by atoms with Gasteiger partial charge < -0.3 is 5.73 Å². The Morgan fingerprint density at radius 3 is 2.44 bits per heavy atom. The first kappa shape index (κ1) is 10.0. The fourth-order valence-electron chi connectivity index (χ4n) is 1.81. The Hall–Kier alpha value is -2.53. The summed E-state index contributed by atoms with van der Waals surface area (Å²) in [4.78, 5) is 0. The van der Waals surface area contributed by atoms with E-state index in [0.717, 1.165) is 11.3 Å². The van der Waals surface area contributed by atoms with Gasteiger partial charge in [0.15, 0.2) is 5.82 Å². The monoisotopic (exact) mass is 211 g/mol. The van der Waals surface area contributed by atoms with E-state index in [1.165, 1.54) is 0 Å². The molecule has 0 aromatic carbocycles. The number of nitrogen functional groups attached to an aromatic ring is 1. The Morgan fingerprint density at radius 1 is 1.25 bits per heavy atom. The van der Waals surface area contributed by atoms with Gasteiger partial charge in [0.1, 0.15) is 23.2 Å². The van der Waals surface area contributed by atoms with Crippen LogP contribution in [-0.4, -0.2) is 9.61 Å². The van der Waals surface area contributed by atoms with E-state index in [2.05, 4.69) is 11.2 Å². The van der Waals surface area contributed by atoms with Crippen molar-refractivity contribution >= 4 is 11.3 Å². The maximum absolute atomic E-state index is 9.10. The van der Waals surface area contributed by atoms with Gasteiger partial charge in [-0.15, -0.1) is 5.10 Å². The zero-order valence-electron chi connectivity index (χ0n) is 8.94. The van der Waals surface area contributed by atoms with E-state index in [1.54, 1.807) is 4.52 Å². The minimum atomic E-state index is 0.160. The summed E-state index contributed by atoms with van der Waals surface area (Å²) in [6, 6.07) is 5.92. The zero-order chi connectivity index (χ0) is 11.9. The van der Waals surface area contributed by atoms with Crippen LogP contribution < -0.4 is 5.73 Å². The van der Waals surface area contributed by atoms with Crippen molar-refractivity contribution in [1.82, 2.24) is 9.61 Å². The van der Waals surface area contributed by atoms with Gasteiger partial charge in [-0.25, -0.2) is 4.52 Å². The van der Waals surface area contributed by atoms with E-state index < -0.39 is 0 Å². The minimum Gasteiger partial charge on any atom is -0.381 e. The molecule has 5 heteroatoms. The summed E-state index contributed by atoms with van der Waals surface area (Å²) < 4.78 is 1.54. The highest BCUT2D eigenvalue weighted by Gasteiger charge is 2.16. The van der Waals surface area contributed by atoms with Crippen molar-refractivity contribution < 1.29 is 0 Å². The van der Waals surface area contributed by atoms with Gasteiger partial charge in [-0.05, 0) is 25.5 Å². The normalized spacial score (nSPS) is 10.0. The van der Waals surface area contributed by atoms with E-state index in [0.29, 0.717) is 11.1 Å². The first-order valence-corrected chi connectivity index (χ1v) is 4.68. The van der Waals surface area contributed by atoms with Crippen LogP contribution in [0.4, 0.5) is 5.82 Å². The molecule has 2 rings (SSSR count). The van der Waals surface area contributed by atoms with Gasteiger partial charge in [0, 0.05) is 5.69 Å². The van der Waals surface area contributed by atoms with Gasteiger partial charge in [0.2, 0.25) is 0 Å². The highest BCUT2D eigenvalue weighted by molar-refractivity contribution is 5.77. The zero-order valence-corrected chi connectivity index (χ0v) is 8.94. The van der Waals surface area contributed by atoms with Crippen LogP contribution in [-0.2, 0) is 0 Å². The number of hydrogen-bond donors (Lipinski definition) is 1. The molecule has 0 fully saturated rings. The van der Waals surface area contributed by atoms with Gasteiger partial charge in [0.25, 0.3) is 0 Å². The number of pyridine rings is 1. The van der Waals surface area contributed by atoms with Crippen molar-refractivity contribution in [3.63, 3.8) is 0 Å². The summed E-state index contributed by atoms with van der Waals surface area (Å²) in [7, 11) is 0. The van der Waals surface area contributed by atoms with Crippen LogP contribution in [0.2, 0.25) is 0 Å². The molecule has 2 heterocycles. The SMILES string of the molecule is Cc1cc(C)n2nc(N)c(C#N)c2c1C#N. The Kier molecular flexibility index (Phi) is 2.03. The second kappa shape index (κ2) is 3.25. The lowest BCUT2D eigenvalue weighted by Crippen LogP contribution is -1.98. The van der Waals surface area contributed by atoms with Crippen LogP contribution in [0.5, 0.6) is 0 Å². The van der Waals surface area contributed by atoms with Crippen molar-refractivity contribution in [3.05, 3.63) is 28.5 Å². The summed E-state index contributed by atoms with van der Waals surface area (Å²) in [6.45, 7) is 3.69. The lowest BCUT2D eigenvalue weighted by atomic mass is 10.1. The number of aromatic nitrogens is 2. The van der Waals surface area contributed by atoms with Crippen LogP contribution in [0.3, 0.4) is 0 Å². The molecule has 0 radical (unpaired) electrons. The van der Waals surface area contributed by atoms with Gasteiger partial charge in [-0.1, -0.05) is 0 Å². The number of hydrogen-bond acceptors (Lipinski definition) is 4. The number of nitrogens with two attached hydrogens (primary N) is 1. The highest BCUT2D eigenvalue weighted by Crippen LogP contribution is 2.24. The molecular formula is C11H9N5. The van der Waals surface area contributed by atoms with E-state index in [-0.39, 0.29) is 11.4 Å². The van der Waals surface area contributed by atoms with Crippen molar-refractivity contribution in [1.29, 1.82) is 10.5 Å². The molecule has 0 amide bonds.